The summed E-state index contributed by atoms with van der Waals surface area (Å²) in [6.07, 6.45) is 3.52. The first-order chi connectivity index (χ1) is 11.5. The van der Waals surface area contributed by atoms with Gasteiger partial charge in [-0.1, -0.05) is 0 Å². The maximum absolute atomic E-state index is 12.6. The number of amides is 1. The molecule has 1 aromatic carbocycles. The molecule has 0 N–H and O–H groups in total. The highest BCUT2D eigenvalue weighted by Crippen LogP contribution is 2.16. The van der Waals surface area contributed by atoms with Crippen LogP contribution in [0.5, 0.6) is 0 Å². The molecule has 5 nitrogen and oxygen atoms in total. The van der Waals surface area contributed by atoms with Crippen LogP contribution in [0.3, 0.4) is 0 Å². The molecule has 24 heavy (non-hydrogen) atoms. The summed E-state index contributed by atoms with van der Waals surface area (Å²) >= 11 is 0. The Morgan fingerprint density at radius 3 is 2.62 bits per heavy atom. The summed E-state index contributed by atoms with van der Waals surface area (Å²) in [7, 11) is 1.84. The van der Waals surface area contributed by atoms with Crippen molar-refractivity contribution >= 4 is 5.91 Å². The summed E-state index contributed by atoms with van der Waals surface area (Å²) < 4.78 is 7.61. The first-order valence-electron chi connectivity index (χ1n) is 8.55. The van der Waals surface area contributed by atoms with E-state index in [1.165, 1.54) is 6.42 Å². The second-order valence-corrected chi connectivity index (χ2v) is 6.56. The molecule has 0 radical (unpaired) electrons. The molecule has 1 fully saturated rings. The van der Waals surface area contributed by atoms with Crippen molar-refractivity contribution in [3.8, 4) is 5.69 Å². The summed E-state index contributed by atoms with van der Waals surface area (Å²) in [4.78, 5) is 14.3. The van der Waals surface area contributed by atoms with E-state index in [0.29, 0.717) is 12.1 Å². The van der Waals surface area contributed by atoms with Crippen LogP contribution >= 0.6 is 0 Å². The zero-order valence-corrected chi connectivity index (χ0v) is 14.7. The first kappa shape index (κ1) is 16.7. The number of hydrogen-bond acceptors (Lipinski definition) is 3. The van der Waals surface area contributed by atoms with E-state index in [2.05, 4.69) is 5.10 Å². The van der Waals surface area contributed by atoms with Gasteiger partial charge in [0, 0.05) is 31.5 Å². The Labute approximate surface area is 143 Å². The van der Waals surface area contributed by atoms with E-state index in [0.717, 1.165) is 36.5 Å². The monoisotopic (exact) mass is 327 g/mol. The molecule has 1 aliphatic heterocycles. The van der Waals surface area contributed by atoms with Crippen molar-refractivity contribution < 1.29 is 9.53 Å². The number of benzene rings is 1. The standard InChI is InChI=1S/C19H25N3O2/c1-14-12-15(2)22(20-14)17-9-7-16(8-10-17)19(23)21(3)13-18-6-4-5-11-24-18/h7-10,12,18H,4-6,11,13H2,1-3H3. The Kier molecular flexibility index (Phi) is 5.00. The number of ether oxygens (including phenoxy) is 1. The number of aromatic nitrogens is 2. The lowest BCUT2D eigenvalue weighted by atomic mass is 10.1. The van der Waals surface area contributed by atoms with Crippen LogP contribution in [-0.4, -0.2) is 46.9 Å². The minimum Gasteiger partial charge on any atom is -0.376 e. The fourth-order valence-corrected chi connectivity index (χ4v) is 3.20. The van der Waals surface area contributed by atoms with Gasteiger partial charge in [-0.2, -0.15) is 5.10 Å². The molecule has 1 aromatic heterocycles. The van der Waals surface area contributed by atoms with Gasteiger partial charge < -0.3 is 9.64 Å². The third kappa shape index (κ3) is 3.67. The largest absolute Gasteiger partial charge is 0.376 e. The number of rotatable bonds is 4. The molecule has 2 heterocycles. The fourth-order valence-electron chi connectivity index (χ4n) is 3.20. The smallest absolute Gasteiger partial charge is 0.253 e. The lowest BCUT2D eigenvalue weighted by molar-refractivity contribution is -0.000187. The topological polar surface area (TPSA) is 47.4 Å². The van der Waals surface area contributed by atoms with Crippen molar-refractivity contribution in [1.82, 2.24) is 14.7 Å². The van der Waals surface area contributed by atoms with Crippen molar-refractivity contribution in [3.05, 3.63) is 47.3 Å². The highest BCUT2D eigenvalue weighted by molar-refractivity contribution is 5.94. The number of hydrogen-bond donors (Lipinski definition) is 0. The van der Waals surface area contributed by atoms with Crippen molar-refractivity contribution in [1.29, 1.82) is 0 Å². The van der Waals surface area contributed by atoms with Crippen LogP contribution in [0.1, 0.15) is 41.0 Å². The summed E-state index contributed by atoms with van der Waals surface area (Å²) in [5.74, 6) is 0.0316. The molecule has 0 saturated carbocycles. The molecular formula is C19H25N3O2. The fraction of sp³-hybridized carbons (Fsp3) is 0.474. The van der Waals surface area contributed by atoms with Gasteiger partial charge >= 0.3 is 0 Å². The maximum Gasteiger partial charge on any atom is 0.253 e. The molecular weight excluding hydrogens is 302 g/mol. The van der Waals surface area contributed by atoms with Crippen molar-refractivity contribution in [2.24, 2.45) is 0 Å². The Balaban J connectivity index is 1.68. The Hall–Kier alpha value is -2.14. The normalized spacial score (nSPS) is 17.7. The number of carbonyl (C=O) groups excluding carboxylic acids is 1. The second-order valence-electron chi connectivity index (χ2n) is 6.56. The van der Waals surface area contributed by atoms with Crippen LogP contribution in [0.4, 0.5) is 0 Å². The van der Waals surface area contributed by atoms with Gasteiger partial charge in [0.25, 0.3) is 5.91 Å². The lowest BCUT2D eigenvalue weighted by Crippen LogP contribution is -2.37. The Morgan fingerprint density at radius 2 is 2.04 bits per heavy atom. The van der Waals surface area contributed by atoms with Crippen LogP contribution in [0.25, 0.3) is 5.69 Å². The Morgan fingerprint density at radius 1 is 1.29 bits per heavy atom. The van der Waals surface area contributed by atoms with Gasteiger partial charge in [-0.25, -0.2) is 4.68 Å². The molecule has 0 bridgehead atoms. The zero-order chi connectivity index (χ0) is 17.1. The van der Waals surface area contributed by atoms with E-state index in [-0.39, 0.29) is 12.0 Å². The van der Waals surface area contributed by atoms with E-state index in [9.17, 15) is 4.79 Å². The molecule has 2 aromatic rings. The van der Waals surface area contributed by atoms with E-state index in [1.807, 2.05) is 55.9 Å². The highest BCUT2D eigenvalue weighted by atomic mass is 16.5. The average Bonchev–Trinajstić information content (AvgIpc) is 2.93. The Bertz CT molecular complexity index is 700. The second kappa shape index (κ2) is 7.18. The predicted octanol–water partition coefficient (Wildman–Crippen LogP) is 3.13. The van der Waals surface area contributed by atoms with E-state index in [4.69, 9.17) is 4.74 Å². The minimum atomic E-state index is 0.0316. The molecule has 0 spiro atoms. The number of aryl methyl sites for hydroxylation is 2. The van der Waals surface area contributed by atoms with Gasteiger partial charge in [0.05, 0.1) is 17.5 Å². The summed E-state index contributed by atoms with van der Waals surface area (Å²) in [5.41, 5.74) is 3.73. The summed E-state index contributed by atoms with van der Waals surface area (Å²) in [6, 6.07) is 9.66. The van der Waals surface area contributed by atoms with E-state index < -0.39 is 0 Å². The van der Waals surface area contributed by atoms with Crippen molar-refractivity contribution in [3.63, 3.8) is 0 Å². The van der Waals surface area contributed by atoms with Crippen molar-refractivity contribution in [2.45, 2.75) is 39.2 Å². The number of likely N-dealkylation sites (N-methyl/N-ethyl adjacent to an activating group) is 1. The van der Waals surface area contributed by atoms with Crippen LogP contribution in [0, 0.1) is 13.8 Å². The molecule has 0 aliphatic carbocycles. The van der Waals surface area contributed by atoms with Crippen LogP contribution in [0.2, 0.25) is 0 Å². The molecule has 1 unspecified atom stereocenters. The van der Waals surface area contributed by atoms with E-state index in [1.54, 1.807) is 4.90 Å². The van der Waals surface area contributed by atoms with Gasteiger partial charge in [0.1, 0.15) is 0 Å². The quantitative estimate of drug-likeness (QED) is 0.867. The summed E-state index contributed by atoms with van der Waals surface area (Å²) in [5, 5.41) is 4.47. The van der Waals surface area contributed by atoms with Crippen molar-refractivity contribution in [2.75, 3.05) is 20.2 Å². The van der Waals surface area contributed by atoms with Crippen LogP contribution < -0.4 is 0 Å². The van der Waals surface area contributed by atoms with Gasteiger partial charge in [-0.3, -0.25) is 4.79 Å². The SMILES string of the molecule is Cc1cc(C)n(-c2ccc(C(=O)N(C)CC3CCCCO3)cc2)n1. The lowest BCUT2D eigenvalue weighted by Gasteiger charge is -2.27. The third-order valence-electron chi connectivity index (χ3n) is 4.47. The maximum atomic E-state index is 12.6. The number of nitrogens with zero attached hydrogens (tertiary/aromatic N) is 3. The highest BCUT2D eigenvalue weighted by Gasteiger charge is 2.19. The molecule has 3 rings (SSSR count). The van der Waals surface area contributed by atoms with Gasteiger partial charge in [-0.15, -0.1) is 0 Å². The van der Waals surface area contributed by atoms with Gasteiger partial charge in [0.15, 0.2) is 0 Å². The van der Waals surface area contributed by atoms with E-state index >= 15 is 0 Å². The molecule has 1 amide bonds. The minimum absolute atomic E-state index is 0.0316. The molecule has 1 saturated heterocycles. The predicted molar refractivity (Wildman–Crippen MR) is 93.6 cm³/mol. The van der Waals surface area contributed by atoms with Crippen LogP contribution in [0.15, 0.2) is 30.3 Å². The zero-order valence-electron chi connectivity index (χ0n) is 14.7. The molecule has 5 heteroatoms. The average molecular weight is 327 g/mol. The van der Waals surface area contributed by atoms with Gasteiger partial charge in [0.2, 0.25) is 0 Å². The summed E-state index contributed by atoms with van der Waals surface area (Å²) in [6.45, 7) is 5.46. The van der Waals surface area contributed by atoms with Gasteiger partial charge in [-0.05, 0) is 63.4 Å². The molecule has 128 valence electrons. The van der Waals surface area contributed by atoms with Crippen LogP contribution in [-0.2, 0) is 4.74 Å². The third-order valence-corrected chi connectivity index (χ3v) is 4.47. The first-order valence-corrected chi connectivity index (χ1v) is 8.55. The number of carbonyl (C=O) groups is 1. The molecule has 1 atom stereocenters. The molecule has 1 aliphatic rings.